The fourth-order valence-corrected chi connectivity index (χ4v) is 3.22. The quantitative estimate of drug-likeness (QED) is 0.805. The van der Waals surface area contributed by atoms with Crippen LogP contribution < -0.4 is 0 Å². The third-order valence-electron chi connectivity index (χ3n) is 4.60. The van der Waals surface area contributed by atoms with Crippen molar-refractivity contribution in [3.63, 3.8) is 0 Å². The summed E-state index contributed by atoms with van der Waals surface area (Å²) < 4.78 is 1.90. The van der Waals surface area contributed by atoms with Gasteiger partial charge in [0.25, 0.3) is 5.91 Å². The van der Waals surface area contributed by atoms with Crippen molar-refractivity contribution in [1.82, 2.24) is 19.6 Å². The highest BCUT2D eigenvalue weighted by molar-refractivity contribution is 5.94. The van der Waals surface area contributed by atoms with Crippen LogP contribution in [0.5, 0.6) is 0 Å². The Morgan fingerprint density at radius 3 is 2.40 bits per heavy atom. The number of carbonyl (C=O) groups is 1. The molecular formula is C20H24N4O. The maximum atomic E-state index is 12.7. The van der Waals surface area contributed by atoms with E-state index in [1.165, 1.54) is 0 Å². The fourth-order valence-electron chi connectivity index (χ4n) is 3.22. The molecule has 130 valence electrons. The predicted molar refractivity (Wildman–Crippen MR) is 98.8 cm³/mol. The SMILES string of the molecule is C#CCCN1CCN(C(=O)c2ccc(-n3nc(C)cc3C)cc2)CC1. The second-order valence-corrected chi connectivity index (χ2v) is 6.47. The van der Waals surface area contributed by atoms with E-state index in [0.717, 1.165) is 61.8 Å². The summed E-state index contributed by atoms with van der Waals surface area (Å²) >= 11 is 0. The van der Waals surface area contributed by atoms with E-state index in [9.17, 15) is 4.79 Å². The number of terminal acetylenes is 1. The highest BCUT2D eigenvalue weighted by Crippen LogP contribution is 2.15. The highest BCUT2D eigenvalue weighted by atomic mass is 16.2. The summed E-state index contributed by atoms with van der Waals surface area (Å²) in [6.45, 7) is 8.19. The third-order valence-corrected chi connectivity index (χ3v) is 4.60. The molecule has 0 unspecified atom stereocenters. The van der Waals surface area contributed by atoms with Gasteiger partial charge in [-0.25, -0.2) is 4.68 Å². The van der Waals surface area contributed by atoms with Crippen molar-refractivity contribution in [3.05, 3.63) is 47.3 Å². The van der Waals surface area contributed by atoms with Crippen LogP contribution in [0, 0.1) is 26.2 Å². The highest BCUT2D eigenvalue weighted by Gasteiger charge is 2.21. The monoisotopic (exact) mass is 336 g/mol. The minimum Gasteiger partial charge on any atom is -0.336 e. The molecular weight excluding hydrogens is 312 g/mol. The first-order valence-corrected chi connectivity index (χ1v) is 8.67. The minimum absolute atomic E-state index is 0.0940. The topological polar surface area (TPSA) is 41.4 Å². The van der Waals surface area contributed by atoms with Crippen molar-refractivity contribution >= 4 is 5.91 Å². The Hall–Kier alpha value is -2.58. The Balaban J connectivity index is 1.64. The number of hydrogen-bond donors (Lipinski definition) is 0. The summed E-state index contributed by atoms with van der Waals surface area (Å²) in [6, 6.07) is 9.72. The molecule has 1 aromatic carbocycles. The number of amides is 1. The van der Waals surface area contributed by atoms with Crippen molar-refractivity contribution in [1.29, 1.82) is 0 Å². The third kappa shape index (κ3) is 3.92. The second-order valence-electron chi connectivity index (χ2n) is 6.47. The van der Waals surface area contributed by atoms with Gasteiger partial charge < -0.3 is 4.90 Å². The van der Waals surface area contributed by atoms with Crippen molar-refractivity contribution < 1.29 is 4.79 Å². The van der Waals surface area contributed by atoms with Gasteiger partial charge >= 0.3 is 0 Å². The molecule has 1 aliphatic rings. The normalized spacial score (nSPS) is 15.2. The number of carbonyl (C=O) groups excluding carboxylic acids is 1. The Kier molecular flexibility index (Phi) is 5.20. The number of piperazine rings is 1. The summed E-state index contributed by atoms with van der Waals surface area (Å²) in [5.41, 5.74) is 3.77. The minimum atomic E-state index is 0.0940. The molecule has 25 heavy (non-hydrogen) atoms. The van der Waals surface area contributed by atoms with Gasteiger partial charge in [0.05, 0.1) is 11.4 Å². The second kappa shape index (κ2) is 7.54. The van der Waals surface area contributed by atoms with Crippen LogP contribution in [0.2, 0.25) is 0 Å². The molecule has 3 rings (SSSR count). The zero-order valence-corrected chi connectivity index (χ0v) is 14.9. The Morgan fingerprint density at radius 1 is 1.16 bits per heavy atom. The molecule has 1 amide bonds. The number of aryl methyl sites for hydroxylation is 2. The molecule has 2 aromatic rings. The molecule has 2 heterocycles. The molecule has 1 aliphatic heterocycles. The van der Waals surface area contributed by atoms with Crippen LogP contribution in [0.15, 0.2) is 30.3 Å². The summed E-state index contributed by atoms with van der Waals surface area (Å²) in [5, 5.41) is 4.48. The molecule has 0 aliphatic carbocycles. The summed E-state index contributed by atoms with van der Waals surface area (Å²) in [7, 11) is 0. The van der Waals surface area contributed by atoms with Gasteiger partial charge in [0.15, 0.2) is 0 Å². The van der Waals surface area contributed by atoms with E-state index < -0.39 is 0 Å². The van der Waals surface area contributed by atoms with Crippen LogP contribution in [0.3, 0.4) is 0 Å². The summed E-state index contributed by atoms with van der Waals surface area (Å²) in [6.07, 6.45) is 6.08. The Labute approximate surface area is 149 Å². The molecule has 5 nitrogen and oxygen atoms in total. The first-order chi connectivity index (χ1) is 12.1. The number of nitrogens with zero attached hydrogens (tertiary/aromatic N) is 4. The Bertz CT molecular complexity index is 777. The van der Waals surface area contributed by atoms with Crippen LogP contribution in [-0.4, -0.2) is 58.2 Å². The molecule has 0 bridgehead atoms. The lowest BCUT2D eigenvalue weighted by molar-refractivity contribution is 0.0640. The van der Waals surface area contributed by atoms with E-state index in [4.69, 9.17) is 6.42 Å². The number of benzene rings is 1. The molecule has 0 spiro atoms. The van der Waals surface area contributed by atoms with Gasteiger partial charge in [0, 0.05) is 50.4 Å². The van der Waals surface area contributed by atoms with Crippen LogP contribution >= 0.6 is 0 Å². The van der Waals surface area contributed by atoms with Gasteiger partial charge in [-0.15, -0.1) is 12.3 Å². The molecule has 5 heteroatoms. The summed E-state index contributed by atoms with van der Waals surface area (Å²) in [4.78, 5) is 16.9. The lowest BCUT2D eigenvalue weighted by atomic mass is 10.1. The number of aromatic nitrogens is 2. The van der Waals surface area contributed by atoms with E-state index in [-0.39, 0.29) is 5.91 Å². The van der Waals surface area contributed by atoms with Crippen molar-refractivity contribution in [2.24, 2.45) is 0 Å². The first-order valence-electron chi connectivity index (χ1n) is 8.67. The van der Waals surface area contributed by atoms with Gasteiger partial charge in [-0.3, -0.25) is 9.69 Å². The van der Waals surface area contributed by atoms with E-state index in [1.807, 2.05) is 53.8 Å². The maximum absolute atomic E-state index is 12.7. The molecule has 0 radical (unpaired) electrons. The standard InChI is InChI=1S/C20H24N4O/c1-4-5-10-22-11-13-23(14-12-22)20(25)18-6-8-19(9-7-18)24-17(3)15-16(2)21-24/h1,6-9,15H,5,10-14H2,2-3H3. The van der Waals surface area contributed by atoms with Crippen LogP contribution in [0.1, 0.15) is 28.2 Å². The van der Waals surface area contributed by atoms with Crippen LogP contribution in [0.25, 0.3) is 5.69 Å². The molecule has 1 aromatic heterocycles. The smallest absolute Gasteiger partial charge is 0.253 e. The summed E-state index contributed by atoms with van der Waals surface area (Å²) in [5.74, 6) is 2.76. The molecule has 0 N–H and O–H groups in total. The maximum Gasteiger partial charge on any atom is 0.253 e. The molecule has 0 atom stereocenters. The first kappa shape index (κ1) is 17.2. The number of rotatable bonds is 4. The lowest BCUT2D eigenvalue weighted by Gasteiger charge is -2.34. The Morgan fingerprint density at radius 2 is 1.84 bits per heavy atom. The van der Waals surface area contributed by atoms with E-state index in [0.29, 0.717) is 0 Å². The number of hydrogen-bond acceptors (Lipinski definition) is 3. The van der Waals surface area contributed by atoms with Gasteiger partial charge in [0.2, 0.25) is 0 Å². The van der Waals surface area contributed by atoms with Gasteiger partial charge in [-0.05, 0) is 44.2 Å². The van der Waals surface area contributed by atoms with Gasteiger partial charge in [0.1, 0.15) is 0 Å². The predicted octanol–water partition coefficient (Wildman–Crippen LogP) is 2.27. The molecule has 1 fully saturated rings. The van der Waals surface area contributed by atoms with Crippen LogP contribution in [-0.2, 0) is 0 Å². The average molecular weight is 336 g/mol. The van der Waals surface area contributed by atoms with Gasteiger partial charge in [-0.1, -0.05) is 0 Å². The van der Waals surface area contributed by atoms with Gasteiger partial charge in [-0.2, -0.15) is 5.10 Å². The molecule has 0 saturated carbocycles. The van der Waals surface area contributed by atoms with Crippen molar-refractivity contribution in [2.45, 2.75) is 20.3 Å². The van der Waals surface area contributed by atoms with Crippen molar-refractivity contribution in [3.8, 4) is 18.0 Å². The average Bonchev–Trinajstić information content (AvgIpc) is 2.98. The lowest BCUT2D eigenvalue weighted by Crippen LogP contribution is -2.48. The zero-order valence-electron chi connectivity index (χ0n) is 14.9. The fraction of sp³-hybridized carbons (Fsp3) is 0.400. The van der Waals surface area contributed by atoms with Crippen LogP contribution in [0.4, 0.5) is 0 Å². The van der Waals surface area contributed by atoms with E-state index in [1.54, 1.807) is 0 Å². The molecule has 1 saturated heterocycles. The van der Waals surface area contributed by atoms with E-state index in [2.05, 4.69) is 15.9 Å². The zero-order chi connectivity index (χ0) is 17.8. The van der Waals surface area contributed by atoms with E-state index >= 15 is 0 Å². The van der Waals surface area contributed by atoms with Crippen molar-refractivity contribution in [2.75, 3.05) is 32.7 Å². The largest absolute Gasteiger partial charge is 0.336 e.